The van der Waals surface area contributed by atoms with Gasteiger partial charge in [0, 0.05) is 18.1 Å². The third-order valence-corrected chi connectivity index (χ3v) is 3.46. The van der Waals surface area contributed by atoms with E-state index in [1.54, 1.807) is 25.1 Å². The van der Waals surface area contributed by atoms with Crippen molar-refractivity contribution in [2.45, 2.75) is 19.8 Å². The lowest BCUT2D eigenvalue weighted by Gasteiger charge is -2.08. The topological polar surface area (TPSA) is 102 Å². The van der Waals surface area contributed by atoms with E-state index in [1.165, 1.54) is 6.07 Å². The molecule has 1 N–H and O–H groups in total. The van der Waals surface area contributed by atoms with E-state index in [9.17, 15) is 14.9 Å². The molecule has 0 aromatic heterocycles. The molecule has 0 fully saturated rings. The minimum atomic E-state index is -0.724. The number of benzene rings is 2. The first-order valence-corrected chi connectivity index (χ1v) is 7.11. The lowest BCUT2D eigenvalue weighted by atomic mass is 9.98. The van der Waals surface area contributed by atoms with Gasteiger partial charge in [-0.1, -0.05) is 29.4 Å². The number of nitro benzene ring substituents is 1. The van der Waals surface area contributed by atoms with Gasteiger partial charge in [-0.05, 0) is 30.2 Å². The molecule has 7 heteroatoms. The average Bonchev–Trinajstić information content (AvgIpc) is 2.55. The highest BCUT2D eigenvalue weighted by atomic mass is 16.6. The zero-order valence-electron chi connectivity index (χ0n) is 12.6. The van der Waals surface area contributed by atoms with Crippen LogP contribution in [0.3, 0.4) is 0 Å². The number of carbonyl (C=O) groups excluding carboxylic acids is 1. The summed E-state index contributed by atoms with van der Waals surface area (Å²) in [7, 11) is 0. The summed E-state index contributed by atoms with van der Waals surface area (Å²) in [5.74, 6) is -0.724. The van der Waals surface area contributed by atoms with Gasteiger partial charge in [0.25, 0.3) is 5.69 Å². The second kappa shape index (κ2) is 7.35. The number of esters is 1. The van der Waals surface area contributed by atoms with E-state index < -0.39 is 10.9 Å². The summed E-state index contributed by atoms with van der Waals surface area (Å²) >= 11 is 0. The molecule has 0 heterocycles. The Labute approximate surface area is 132 Å². The van der Waals surface area contributed by atoms with Gasteiger partial charge in [-0.15, -0.1) is 0 Å². The second-order valence-electron chi connectivity index (χ2n) is 4.81. The van der Waals surface area contributed by atoms with Crippen LogP contribution in [-0.2, 0) is 16.0 Å². The van der Waals surface area contributed by atoms with E-state index in [2.05, 4.69) is 5.16 Å². The maximum Gasteiger partial charge on any atom is 0.356 e. The summed E-state index contributed by atoms with van der Waals surface area (Å²) < 4.78 is 4.78. The Morgan fingerprint density at radius 3 is 2.70 bits per heavy atom. The molecule has 0 spiro atoms. The Kier molecular flexibility index (Phi) is 5.24. The largest absolute Gasteiger partial charge is 0.461 e. The summed E-state index contributed by atoms with van der Waals surface area (Å²) in [4.78, 5) is 22.4. The molecule has 2 rings (SSSR count). The van der Waals surface area contributed by atoms with Crippen molar-refractivity contribution >= 4 is 28.1 Å². The van der Waals surface area contributed by atoms with Gasteiger partial charge in [0.05, 0.1) is 11.5 Å². The summed E-state index contributed by atoms with van der Waals surface area (Å²) in [5, 5.41) is 24.8. The van der Waals surface area contributed by atoms with Crippen LogP contribution in [0.25, 0.3) is 10.8 Å². The fourth-order valence-electron chi connectivity index (χ4n) is 2.41. The number of fused-ring (bicyclic) bond motifs is 1. The molecule has 120 valence electrons. The van der Waals surface area contributed by atoms with Crippen LogP contribution in [0.15, 0.2) is 41.6 Å². The van der Waals surface area contributed by atoms with Crippen molar-refractivity contribution in [3.8, 4) is 0 Å². The minimum absolute atomic E-state index is 0.0233. The van der Waals surface area contributed by atoms with Gasteiger partial charge in [0.2, 0.25) is 0 Å². The lowest BCUT2D eigenvalue weighted by molar-refractivity contribution is -0.385. The molecule has 0 aliphatic carbocycles. The van der Waals surface area contributed by atoms with Gasteiger partial charge in [-0.2, -0.15) is 0 Å². The van der Waals surface area contributed by atoms with Crippen LogP contribution in [0.1, 0.15) is 18.9 Å². The van der Waals surface area contributed by atoms with Crippen LogP contribution >= 0.6 is 0 Å². The predicted octanol–water partition coefficient (Wildman–Crippen LogP) is 3.07. The fraction of sp³-hybridized carbons (Fsp3) is 0.250. The summed E-state index contributed by atoms with van der Waals surface area (Å²) in [6.07, 6.45) is 0.236. The van der Waals surface area contributed by atoms with Crippen molar-refractivity contribution in [1.29, 1.82) is 0 Å². The van der Waals surface area contributed by atoms with Gasteiger partial charge < -0.3 is 9.94 Å². The Balaban J connectivity index is 2.36. The van der Waals surface area contributed by atoms with Crippen LogP contribution < -0.4 is 0 Å². The van der Waals surface area contributed by atoms with Crippen LogP contribution in [0.5, 0.6) is 0 Å². The Hall–Kier alpha value is -2.96. The van der Waals surface area contributed by atoms with Gasteiger partial charge in [0.1, 0.15) is 0 Å². The molecule has 0 aliphatic heterocycles. The van der Waals surface area contributed by atoms with Gasteiger partial charge >= 0.3 is 5.97 Å². The zero-order chi connectivity index (χ0) is 16.8. The number of carbonyl (C=O) groups is 1. The van der Waals surface area contributed by atoms with Gasteiger partial charge in [0.15, 0.2) is 5.71 Å². The third-order valence-electron chi connectivity index (χ3n) is 3.46. The number of hydrogen-bond acceptors (Lipinski definition) is 6. The summed E-state index contributed by atoms with van der Waals surface area (Å²) in [6, 6.07) is 10.4. The van der Waals surface area contributed by atoms with E-state index in [0.717, 1.165) is 10.8 Å². The van der Waals surface area contributed by atoms with Crippen LogP contribution in [0.4, 0.5) is 5.69 Å². The van der Waals surface area contributed by atoms with E-state index in [-0.39, 0.29) is 30.8 Å². The van der Waals surface area contributed by atoms with E-state index in [4.69, 9.17) is 9.94 Å². The summed E-state index contributed by atoms with van der Waals surface area (Å²) in [5.41, 5.74) is 0.317. The molecule has 0 bridgehead atoms. The number of oxime groups is 1. The maximum atomic E-state index is 11.6. The first kappa shape index (κ1) is 16.4. The first-order valence-electron chi connectivity index (χ1n) is 7.11. The highest BCUT2D eigenvalue weighted by molar-refractivity contribution is 6.36. The monoisotopic (exact) mass is 316 g/mol. The van der Waals surface area contributed by atoms with Crippen molar-refractivity contribution in [3.05, 3.63) is 52.1 Å². The van der Waals surface area contributed by atoms with Gasteiger partial charge in [-0.25, -0.2) is 4.79 Å². The molecule has 0 aliphatic rings. The van der Waals surface area contributed by atoms with Crippen LogP contribution in [-0.4, -0.2) is 28.4 Å². The highest BCUT2D eigenvalue weighted by Crippen LogP contribution is 2.29. The standard InChI is InChI=1S/C16H16N2O5/c1-2-23-16(19)14(17-20)9-8-13-12-6-4-3-5-11(12)7-10-15(13)18(21)22/h3-7,10,20H,2,8-9H2,1H3/b17-14+. The molecule has 0 atom stereocenters. The normalized spacial score (nSPS) is 11.4. The second-order valence-corrected chi connectivity index (χ2v) is 4.81. The molecule has 0 saturated heterocycles. The number of aryl methyl sites for hydroxylation is 1. The van der Waals surface area contributed by atoms with E-state index >= 15 is 0 Å². The number of hydrogen-bond donors (Lipinski definition) is 1. The van der Waals surface area contributed by atoms with Crippen LogP contribution in [0.2, 0.25) is 0 Å². The quantitative estimate of drug-likeness (QED) is 0.290. The molecule has 0 unspecified atom stereocenters. The number of nitrogens with zero attached hydrogens (tertiary/aromatic N) is 2. The number of rotatable bonds is 6. The first-order chi connectivity index (χ1) is 11.1. The van der Waals surface area contributed by atoms with Crippen molar-refractivity contribution in [2.75, 3.05) is 6.61 Å². The Morgan fingerprint density at radius 2 is 2.04 bits per heavy atom. The zero-order valence-corrected chi connectivity index (χ0v) is 12.6. The van der Waals surface area contributed by atoms with Crippen molar-refractivity contribution in [2.24, 2.45) is 5.16 Å². The third kappa shape index (κ3) is 3.63. The van der Waals surface area contributed by atoms with Crippen molar-refractivity contribution in [3.63, 3.8) is 0 Å². The maximum absolute atomic E-state index is 11.6. The van der Waals surface area contributed by atoms with E-state index in [1.807, 2.05) is 12.1 Å². The average molecular weight is 316 g/mol. The molecule has 23 heavy (non-hydrogen) atoms. The molecule has 2 aromatic carbocycles. The minimum Gasteiger partial charge on any atom is -0.461 e. The predicted molar refractivity (Wildman–Crippen MR) is 84.8 cm³/mol. The molecular weight excluding hydrogens is 300 g/mol. The number of nitro groups is 1. The summed E-state index contributed by atoms with van der Waals surface area (Å²) in [6.45, 7) is 1.80. The fourth-order valence-corrected chi connectivity index (χ4v) is 2.41. The molecular formula is C16H16N2O5. The molecule has 2 aromatic rings. The Morgan fingerprint density at radius 1 is 1.30 bits per heavy atom. The molecule has 0 amide bonds. The Bertz CT molecular complexity index is 770. The highest BCUT2D eigenvalue weighted by Gasteiger charge is 2.20. The number of ether oxygens (including phenoxy) is 1. The molecule has 0 saturated carbocycles. The van der Waals surface area contributed by atoms with Crippen molar-refractivity contribution < 1.29 is 19.7 Å². The smallest absolute Gasteiger partial charge is 0.356 e. The van der Waals surface area contributed by atoms with Gasteiger partial charge in [-0.3, -0.25) is 10.1 Å². The van der Waals surface area contributed by atoms with E-state index in [0.29, 0.717) is 5.56 Å². The molecule has 0 radical (unpaired) electrons. The SMILES string of the molecule is CCOC(=O)/C(CCc1c([N+](=O)[O-])ccc2ccccc12)=N/O. The molecule has 7 nitrogen and oxygen atoms in total. The lowest BCUT2D eigenvalue weighted by Crippen LogP contribution is -2.18. The van der Waals surface area contributed by atoms with Crippen LogP contribution in [0, 0.1) is 10.1 Å². The van der Waals surface area contributed by atoms with Crippen molar-refractivity contribution in [1.82, 2.24) is 0 Å².